The summed E-state index contributed by atoms with van der Waals surface area (Å²) in [5.41, 5.74) is 5.74. The van der Waals surface area contributed by atoms with Gasteiger partial charge in [-0.1, -0.05) is 49.7 Å². The van der Waals surface area contributed by atoms with Crippen LogP contribution in [0.4, 0.5) is 4.39 Å². The van der Waals surface area contributed by atoms with E-state index in [1.807, 2.05) is 19.9 Å². The molecule has 2 aromatic carbocycles. The molecule has 0 bridgehead atoms. The summed E-state index contributed by atoms with van der Waals surface area (Å²) in [6.45, 7) is 3.90. The molecule has 2 aromatic rings. The highest BCUT2D eigenvalue weighted by Crippen LogP contribution is 2.36. The van der Waals surface area contributed by atoms with E-state index in [1.165, 1.54) is 0 Å². The second-order valence-corrected chi connectivity index (χ2v) is 6.51. The van der Waals surface area contributed by atoms with Gasteiger partial charge in [0.25, 0.3) is 0 Å². The fraction of sp³-hybridized carbons (Fsp3) is 0.350. The van der Waals surface area contributed by atoms with Crippen LogP contribution in [0, 0.1) is 5.82 Å². The van der Waals surface area contributed by atoms with Crippen molar-refractivity contribution in [3.05, 3.63) is 58.9 Å². The number of primary amides is 1. The average Bonchev–Trinajstić information content (AvgIpc) is 2.63. The second kappa shape index (κ2) is 9.55. The number of carbonyl (C=O) groups is 1. The predicted molar refractivity (Wildman–Crippen MR) is 102 cm³/mol. The van der Waals surface area contributed by atoms with Gasteiger partial charge in [0, 0.05) is 24.1 Å². The molecule has 2 rings (SSSR count). The first-order chi connectivity index (χ1) is 12.5. The van der Waals surface area contributed by atoms with Gasteiger partial charge in [0.05, 0.1) is 5.02 Å². The first kappa shape index (κ1) is 20.2. The summed E-state index contributed by atoms with van der Waals surface area (Å²) in [4.78, 5) is 11.2. The highest BCUT2D eigenvalue weighted by molar-refractivity contribution is 6.32. The standard InChI is InChI=1S/C20H24ClFN2O2/c1-3-13(12-18(23)25)24-17(4-2)15-10-11-16(21)20(19(15)22)26-14-8-6-5-7-9-14/h5-11,13,17,24H,3-4,12H2,1-2H3,(H2,23,25)/t13-,17+/m0/s1. The number of nitrogens with two attached hydrogens (primary N) is 1. The van der Waals surface area contributed by atoms with Crippen LogP contribution in [0.5, 0.6) is 11.5 Å². The fourth-order valence-corrected chi connectivity index (χ4v) is 2.98. The lowest BCUT2D eigenvalue weighted by atomic mass is 10.0. The van der Waals surface area contributed by atoms with Gasteiger partial charge < -0.3 is 15.8 Å². The molecule has 0 aromatic heterocycles. The molecule has 0 aliphatic carbocycles. The molecule has 6 heteroatoms. The van der Waals surface area contributed by atoms with Crippen molar-refractivity contribution in [1.82, 2.24) is 5.32 Å². The molecule has 0 radical (unpaired) electrons. The molecule has 26 heavy (non-hydrogen) atoms. The van der Waals surface area contributed by atoms with Gasteiger partial charge in [0.2, 0.25) is 5.91 Å². The summed E-state index contributed by atoms with van der Waals surface area (Å²) >= 11 is 6.15. The summed E-state index contributed by atoms with van der Waals surface area (Å²) in [6.07, 6.45) is 1.55. The first-order valence-corrected chi connectivity index (χ1v) is 9.09. The van der Waals surface area contributed by atoms with Crippen molar-refractivity contribution >= 4 is 17.5 Å². The first-order valence-electron chi connectivity index (χ1n) is 8.71. The zero-order valence-corrected chi connectivity index (χ0v) is 15.7. The van der Waals surface area contributed by atoms with Crippen LogP contribution in [0.2, 0.25) is 5.02 Å². The molecule has 0 saturated heterocycles. The average molecular weight is 379 g/mol. The molecule has 0 saturated carbocycles. The molecule has 4 nitrogen and oxygen atoms in total. The number of carbonyl (C=O) groups excluding carboxylic acids is 1. The summed E-state index contributed by atoms with van der Waals surface area (Å²) < 4.78 is 20.8. The quantitative estimate of drug-likeness (QED) is 0.647. The van der Waals surface area contributed by atoms with E-state index in [1.54, 1.807) is 36.4 Å². The van der Waals surface area contributed by atoms with Gasteiger partial charge in [0.15, 0.2) is 11.6 Å². The van der Waals surface area contributed by atoms with Gasteiger partial charge in [-0.3, -0.25) is 4.79 Å². The van der Waals surface area contributed by atoms with Crippen molar-refractivity contribution in [3.63, 3.8) is 0 Å². The number of para-hydroxylation sites is 1. The van der Waals surface area contributed by atoms with E-state index in [0.717, 1.165) is 0 Å². The lowest BCUT2D eigenvalue weighted by molar-refractivity contribution is -0.118. The largest absolute Gasteiger partial charge is 0.453 e. The summed E-state index contributed by atoms with van der Waals surface area (Å²) in [6, 6.07) is 11.8. The Morgan fingerprint density at radius 2 is 1.88 bits per heavy atom. The monoisotopic (exact) mass is 378 g/mol. The van der Waals surface area contributed by atoms with Crippen LogP contribution in [0.25, 0.3) is 0 Å². The van der Waals surface area contributed by atoms with Crippen molar-refractivity contribution in [2.75, 3.05) is 0 Å². The Balaban J connectivity index is 2.29. The third-order valence-electron chi connectivity index (χ3n) is 4.20. The van der Waals surface area contributed by atoms with Gasteiger partial charge in [-0.2, -0.15) is 0 Å². The zero-order valence-electron chi connectivity index (χ0n) is 15.0. The molecule has 0 aliphatic rings. The highest BCUT2D eigenvalue weighted by atomic mass is 35.5. The normalized spacial score (nSPS) is 13.2. The van der Waals surface area contributed by atoms with E-state index in [9.17, 15) is 4.79 Å². The number of hydrogen-bond acceptors (Lipinski definition) is 3. The van der Waals surface area contributed by atoms with E-state index in [2.05, 4.69) is 5.32 Å². The predicted octanol–water partition coefficient (Wildman–Crippen LogP) is 4.97. The van der Waals surface area contributed by atoms with Gasteiger partial charge in [-0.05, 0) is 31.0 Å². The Hall–Kier alpha value is -2.11. The molecule has 0 heterocycles. The smallest absolute Gasteiger partial charge is 0.218 e. The maximum Gasteiger partial charge on any atom is 0.218 e. The van der Waals surface area contributed by atoms with Crippen LogP contribution in [0.15, 0.2) is 42.5 Å². The molecular formula is C20H24ClFN2O2. The second-order valence-electron chi connectivity index (χ2n) is 6.10. The number of nitrogens with one attached hydrogen (secondary N) is 1. The van der Waals surface area contributed by atoms with E-state index >= 15 is 4.39 Å². The molecule has 2 atom stereocenters. The number of benzene rings is 2. The molecule has 0 fully saturated rings. The van der Waals surface area contributed by atoms with Crippen LogP contribution < -0.4 is 15.8 Å². The third-order valence-corrected chi connectivity index (χ3v) is 4.50. The molecule has 1 amide bonds. The fourth-order valence-electron chi connectivity index (χ4n) is 2.79. The lowest BCUT2D eigenvalue weighted by Crippen LogP contribution is -2.36. The van der Waals surface area contributed by atoms with Crippen molar-refractivity contribution in [2.45, 2.75) is 45.2 Å². The molecule has 0 spiro atoms. The van der Waals surface area contributed by atoms with Crippen LogP contribution in [-0.4, -0.2) is 11.9 Å². The van der Waals surface area contributed by atoms with E-state index in [-0.39, 0.29) is 35.2 Å². The van der Waals surface area contributed by atoms with Crippen molar-refractivity contribution in [1.29, 1.82) is 0 Å². The zero-order chi connectivity index (χ0) is 19.1. The number of hydrogen-bond donors (Lipinski definition) is 2. The van der Waals surface area contributed by atoms with Crippen LogP contribution in [0.1, 0.15) is 44.7 Å². The molecule has 3 N–H and O–H groups in total. The highest BCUT2D eigenvalue weighted by Gasteiger charge is 2.23. The number of ether oxygens (including phenoxy) is 1. The van der Waals surface area contributed by atoms with E-state index in [4.69, 9.17) is 22.1 Å². The van der Waals surface area contributed by atoms with Crippen LogP contribution in [-0.2, 0) is 4.79 Å². The van der Waals surface area contributed by atoms with E-state index in [0.29, 0.717) is 24.2 Å². The topological polar surface area (TPSA) is 64.4 Å². The molecule has 140 valence electrons. The Morgan fingerprint density at radius 1 is 1.19 bits per heavy atom. The van der Waals surface area contributed by atoms with Gasteiger partial charge in [-0.15, -0.1) is 0 Å². The van der Waals surface area contributed by atoms with Crippen molar-refractivity contribution in [2.24, 2.45) is 5.73 Å². The van der Waals surface area contributed by atoms with Crippen LogP contribution in [0.3, 0.4) is 0 Å². The van der Waals surface area contributed by atoms with Crippen LogP contribution >= 0.6 is 11.6 Å². The molecule has 0 aliphatic heterocycles. The Bertz CT molecular complexity index is 740. The lowest BCUT2D eigenvalue weighted by Gasteiger charge is -2.25. The minimum atomic E-state index is -0.505. The van der Waals surface area contributed by atoms with Crippen molar-refractivity contribution in [3.8, 4) is 11.5 Å². The maximum atomic E-state index is 15.1. The molecular weight excluding hydrogens is 355 g/mol. The Labute approximate surface area is 158 Å². The Kier molecular flexibility index (Phi) is 7.42. The van der Waals surface area contributed by atoms with Gasteiger partial charge in [-0.25, -0.2) is 4.39 Å². The minimum Gasteiger partial charge on any atom is -0.453 e. The minimum absolute atomic E-state index is 0.00133. The molecule has 0 unspecified atom stereocenters. The third kappa shape index (κ3) is 5.19. The Morgan fingerprint density at radius 3 is 2.46 bits per heavy atom. The van der Waals surface area contributed by atoms with E-state index < -0.39 is 5.82 Å². The summed E-state index contributed by atoms with van der Waals surface area (Å²) in [5.74, 6) is -0.385. The summed E-state index contributed by atoms with van der Waals surface area (Å²) in [5, 5.41) is 3.52. The summed E-state index contributed by atoms with van der Waals surface area (Å²) in [7, 11) is 0. The number of rotatable bonds is 9. The SMILES string of the molecule is CC[C@@H](CC(N)=O)N[C@H](CC)c1ccc(Cl)c(Oc2ccccc2)c1F. The van der Waals surface area contributed by atoms with Crippen molar-refractivity contribution < 1.29 is 13.9 Å². The number of halogens is 2. The number of amides is 1. The van der Waals surface area contributed by atoms with Gasteiger partial charge in [0.1, 0.15) is 5.75 Å². The maximum absolute atomic E-state index is 15.1. The van der Waals surface area contributed by atoms with Gasteiger partial charge >= 0.3 is 0 Å².